The van der Waals surface area contributed by atoms with Crippen LogP contribution in [0.15, 0.2) is 47.5 Å². The predicted molar refractivity (Wildman–Crippen MR) is 71.0 cm³/mol. The summed E-state index contributed by atoms with van der Waals surface area (Å²) in [5.41, 5.74) is 0.811. The summed E-state index contributed by atoms with van der Waals surface area (Å²) in [6.45, 7) is 0. The van der Waals surface area contributed by atoms with E-state index in [1.54, 1.807) is 6.19 Å². The second-order valence-corrected chi connectivity index (χ2v) is 4.21. The lowest BCUT2D eigenvalue weighted by Gasteiger charge is -2.06. The first-order chi connectivity index (χ1) is 9.28. The maximum absolute atomic E-state index is 11.8. The van der Waals surface area contributed by atoms with Crippen molar-refractivity contribution >= 4 is 22.6 Å². The van der Waals surface area contributed by atoms with Gasteiger partial charge in [-0.1, -0.05) is 36.4 Å². The molecule has 1 amide bonds. The third kappa shape index (κ3) is 2.00. The lowest BCUT2D eigenvalue weighted by atomic mass is 10.0. The largest absolute Gasteiger partial charge is 0.294 e. The van der Waals surface area contributed by atoms with Crippen molar-refractivity contribution < 1.29 is 4.79 Å². The third-order valence-electron chi connectivity index (χ3n) is 3.01. The number of carbonyl (C=O) groups is 1. The molecule has 92 valence electrons. The molecule has 1 atom stereocenters. The van der Waals surface area contributed by atoms with Crippen molar-refractivity contribution in [3.63, 3.8) is 0 Å². The summed E-state index contributed by atoms with van der Waals surface area (Å²) in [6, 6.07) is 13.1. The Labute approximate surface area is 109 Å². The van der Waals surface area contributed by atoms with Crippen molar-refractivity contribution in [2.24, 2.45) is 4.99 Å². The van der Waals surface area contributed by atoms with E-state index in [-0.39, 0.29) is 11.9 Å². The van der Waals surface area contributed by atoms with E-state index >= 15 is 0 Å². The lowest BCUT2D eigenvalue weighted by molar-refractivity contribution is -0.120. The van der Waals surface area contributed by atoms with Crippen LogP contribution in [-0.4, -0.2) is 11.9 Å². The molecule has 0 radical (unpaired) electrons. The number of hydrogen-bond acceptors (Lipinski definition) is 4. The molecule has 1 heterocycles. The number of nitrogens with zero attached hydrogens (tertiary/aromatic N) is 2. The summed E-state index contributed by atoms with van der Waals surface area (Å²) >= 11 is 0. The van der Waals surface area contributed by atoms with Gasteiger partial charge in [0.1, 0.15) is 0 Å². The Balaban J connectivity index is 2.00. The average molecular weight is 250 g/mol. The first-order valence-corrected chi connectivity index (χ1v) is 5.80. The van der Waals surface area contributed by atoms with E-state index in [4.69, 9.17) is 5.26 Å². The predicted octanol–water partition coefficient (Wildman–Crippen LogP) is 1.44. The highest BCUT2D eigenvalue weighted by Gasteiger charge is 2.27. The van der Waals surface area contributed by atoms with Crippen molar-refractivity contribution in [1.29, 1.82) is 5.26 Å². The van der Waals surface area contributed by atoms with Gasteiger partial charge in [0, 0.05) is 0 Å². The molecule has 1 aliphatic rings. The second-order valence-electron chi connectivity index (χ2n) is 4.21. The Bertz CT molecular complexity index is 730. The number of nitrogens with one attached hydrogen (secondary N) is 2. The monoisotopic (exact) mass is 250 g/mol. The van der Waals surface area contributed by atoms with Gasteiger partial charge in [-0.15, -0.1) is 0 Å². The van der Waals surface area contributed by atoms with Crippen molar-refractivity contribution in [2.75, 3.05) is 0 Å². The van der Waals surface area contributed by atoms with Crippen molar-refractivity contribution in [3.05, 3.63) is 48.0 Å². The highest BCUT2D eigenvalue weighted by atomic mass is 16.2. The Hall–Kier alpha value is -2.87. The zero-order chi connectivity index (χ0) is 13.2. The summed E-state index contributed by atoms with van der Waals surface area (Å²) in [5, 5.41) is 15.6. The van der Waals surface area contributed by atoms with Gasteiger partial charge in [0.25, 0.3) is 5.91 Å². The van der Waals surface area contributed by atoms with Crippen molar-refractivity contribution in [1.82, 2.24) is 10.6 Å². The van der Waals surface area contributed by atoms with Gasteiger partial charge in [0.05, 0.1) is 0 Å². The van der Waals surface area contributed by atoms with E-state index in [0.29, 0.717) is 0 Å². The number of aliphatic imine (C=N–C) groups is 1. The molecule has 2 aromatic carbocycles. The van der Waals surface area contributed by atoms with E-state index in [0.717, 1.165) is 16.3 Å². The Kier molecular flexibility index (Phi) is 2.62. The molecule has 5 heteroatoms. The average Bonchev–Trinajstić information content (AvgIpc) is 2.79. The fourth-order valence-electron chi connectivity index (χ4n) is 2.13. The van der Waals surface area contributed by atoms with Crippen LogP contribution < -0.4 is 10.6 Å². The van der Waals surface area contributed by atoms with Crippen molar-refractivity contribution in [2.45, 2.75) is 6.04 Å². The third-order valence-corrected chi connectivity index (χ3v) is 3.01. The SMILES string of the molecule is N#CNC1=NC(c2ccc3ccccc3c2)C(=O)N1. The molecular formula is C14H10N4O. The number of amides is 1. The van der Waals surface area contributed by atoms with Crippen LogP contribution in [0, 0.1) is 11.5 Å². The van der Waals surface area contributed by atoms with E-state index in [1.165, 1.54) is 0 Å². The van der Waals surface area contributed by atoms with Gasteiger partial charge in [-0.05, 0) is 22.4 Å². The van der Waals surface area contributed by atoms with Crippen LogP contribution in [0.1, 0.15) is 11.6 Å². The number of guanidine groups is 1. The molecular weight excluding hydrogens is 240 g/mol. The quantitative estimate of drug-likeness (QED) is 0.594. The summed E-state index contributed by atoms with van der Waals surface area (Å²) in [7, 11) is 0. The van der Waals surface area contributed by atoms with Gasteiger partial charge in [-0.25, -0.2) is 4.99 Å². The van der Waals surface area contributed by atoms with Crippen LogP contribution in [0.5, 0.6) is 0 Å². The van der Waals surface area contributed by atoms with Gasteiger partial charge in [0.2, 0.25) is 5.96 Å². The highest BCUT2D eigenvalue weighted by Crippen LogP contribution is 2.24. The Morgan fingerprint density at radius 2 is 2.00 bits per heavy atom. The van der Waals surface area contributed by atoms with E-state index < -0.39 is 6.04 Å². The molecule has 19 heavy (non-hydrogen) atoms. The molecule has 1 unspecified atom stereocenters. The minimum absolute atomic E-state index is 0.200. The zero-order valence-electron chi connectivity index (χ0n) is 9.92. The highest BCUT2D eigenvalue weighted by molar-refractivity contribution is 6.05. The lowest BCUT2D eigenvalue weighted by Crippen LogP contribution is -2.33. The number of benzene rings is 2. The molecule has 0 saturated carbocycles. The van der Waals surface area contributed by atoms with Crippen molar-refractivity contribution in [3.8, 4) is 6.19 Å². The van der Waals surface area contributed by atoms with Crippen LogP contribution in [0.4, 0.5) is 0 Å². The molecule has 3 rings (SSSR count). The first kappa shape index (κ1) is 11.2. The number of nitriles is 1. The number of hydrogen-bond donors (Lipinski definition) is 2. The molecule has 0 saturated heterocycles. The van der Waals surface area contributed by atoms with Gasteiger partial charge in [-0.3, -0.25) is 15.4 Å². The van der Waals surface area contributed by atoms with Gasteiger partial charge < -0.3 is 0 Å². The normalized spacial score (nSPS) is 17.7. The zero-order valence-corrected chi connectivity index (χ0v) is 9.92. The minimum atomic E-state index is -0.597. The van der Waals surface area contributed by atoms with Gasteiger partial charge >= 0.3 is 0 Å². The topological polar surface area (TPSA) is 77.3 Å². The second kappa shape index (κ2) is 4.42. The Morgan fingerprint density at radius 1 is 1.21 bits per heavy atom. The maximum Gasteiger partial charge on any atom is 0.256 e. The van der Waals surface area contributed by atoms with Crippen LogP contribution in [-0.2, 0) is 4.79 Å². The molecule has 0 aliphatic carbocycles. The fraction of sp³-hybridized carbons (Fsp3) is 0.0714. The first-order valence-electron chi connectivity index (χ1n) is 5.80. The number of fused-ring (bicyclic) bond motifs is 1. The molecule has 5 nitrogen and oxygen atoms in total. The van der Waals surface area contributed by atoms with Gasteiger partial charge in [0.15, 0.2) is 12.2 Å². The summed E-state index contributed by atoms with van der Waals surface area (Å²) < 4.78 is 0. The van der Waals surface area contributed by atoms with Crippen LogP contribution in [0.25, 0.3) is 10.8 Å². The van der Waals surface area contributed by atoms with Crippen LogP contribution >= 0.6 is 0 Å². The molecule has 2 N–H and O–H groups in total. The minimum Gasteiger partial charge on any atom is -0.294 e. The standard InChI is InChI=1S/C14H10N4O/c15-8-16-14-17-12(13(19)18-14)11-6-5-9-3-1-2-4-10(9)7-11/h1-7,12H,(H2,16,17,18,19). The van der Waals surface area contributed by atoms with Crippen LogP contribution in [0.3, 0.4) is 0 Å². The maximum atomic E-state index is 11.8. The summed E-state index contributed by atoms with van der Waals surface area (Å²) in [4.78, 5) is 16.0. The summed E-state index contributed by atoms with van der Waals surface area (Å²) in [6.07, 6.45) is 1.74. The molecule has 0 spiro atoms. The molecule has 2 aromatic rings. The molecule has 1 aliphatic heterocycles. The number of rotatable bonds is 1. The van der Waals surface area contributed by atoms with E-state index in [9.17, 15) is 4.79 Å². The Morgan fingerprint density at radius 3 is 2.79 bits per heavy atom. The molecule has 0 aromatic heterocycles. The van der Waals surface area contributed by atoms with Crippen LogP contribution in [0.2, 0.25) is 0 Å². The molecule has 0 bridgehead atoms. The fourth-order valence-corrected chi connectivity index (χ4v) is 2.13. The number of carbonyl (C=O) groups excluding carboxylic acids is 1. The smallest absolute Gasteiger partial charge is 0.256 e. The summed E-state index contributed by atoms with van der Waals surface area (Å²) in [5.74, 6) is -0.0290. The molecule has 0 fully saturated rings. The van der Waals surface area contributed by atoms with E-state index in [2.05, 4.69) is 15.6 Å². The van der Waals surface area contributed by atoms with E-state index in [1.807, 2.05) is 42.5 Å². The van der Waals surface area contributed by atoms with Gasteiger partial charge in [-0.2, -0.15) is 5.26 Å².